The standard InChI is InChI=1S/C10H24N2O/c1-10(2,13)9-12(3)8-6-4-5-7-11/h13H,4-9,11H2,1-3H3. The van der Waals surface area contributed by atoms with Crippen molar-refractivity contribution >= 4 is 0 Å². The molecule has 0 rings (SSSR count). The number of hydrogen-bond acceptors (Lipinski definition) is 3. The van der Waals surface area contributed by atoms with E-state index < -0.39 is 5.60 Å². The van der Waals surface area contributed by atoms with Gasteiger partial charge in [-0.1, -0.05) is 6.42 Å². The van der Waals surface area contributed by atoms with Gasteiger partial charge in [0.1, 0.15) is 0 Å². The van der Waals surface area contributed by atoms with E-state index in [-0.39, 0.29) is 0 Å². The number of likely N-dealkylation sites (N-methyl/N-ethyl adjacent to an activating group) is 1. The van der Waals surface area contributed by atoms with Crippen molar-refractivity contribution < 1.29 is 5.11 Å². The van der Waals surface area contributed by atoms with Gasteiger partial charge in [0.25, 0.3) is 0 Å². The van der Waals surface area contributed by atoms with Gasteiger partial charge in [-0.25, -0.2) is 0 Å². The fourth-order valence-corrected chi connectivity index (χ4v) is 1.44. The van der Waals surface area contributed by atoms with Crippen molar-refractivity contribution in [2.75, 3.05) is 26.7 Å². The smallest absolute Gasteiger partial charge is 0.0718 e. The van der Waals surface area contributed by atoms with Gasteiger partial charge < -0.3 is 15.7 Å². The van der Waals surface area contributed by atoms with E-state index in [1.165, 1.54) is 12.8 Å². The molecule has 0 aliphatic heterocycles. The molecule has 3 N–H and O–H groups in total. The summed E-state index contributed by atoms with van der Waals surface area (Å²) in [5.41, 5.74) is 4.81. The number of nitrogens with two attached hydrogens (primary N) is 1. The maximum absolute atomic E-state index is 9.53. The molecule has 0 saturated heterocycles. The second-order valence-electron chi connectivity index (χ2n) is 4.40. The lowest BCUT2D eigenvalue weighted by Gasteiger charge is -2.25. The molecule has 0 amide bonds. The van der Waals surface area contributed by atoms with Crippen LogP contribution in [0.25, 0.3) is 0 Å². The van der Waals surface area contributed by atoms with Gasteiger partial charge in [0.2, 0.25) is 0 Å². The number of nitrogens with zero attached hydrogens (tertiary/aromatic N) is 1. The Morgan fingerprint density at radius 2 is 1.85 bits per heavy atom. The van der Waals surface area contributed by atoms with Crippen LogP contribution in [0.5, 0.6) is 0 Å². The summed E-state index contributed by atoms with van der Waals surface area (Å²) in [4.78, 5) is 2.16. The Hall–Kier alpha value is -0.120. The second kappa shape index (κ2) is 6.35. The van der Waals surface area contributed by atoms with Gasteiger partial charge in [-0.15, -0.1) is 0 Å². The van der Waals surface area contributed by atoms with E-state index in [1.54, 1.807) is 0 Å². The van der Waals surface area contributed by atoms with Crippen molar-refractivity contribution in [1.29, 1.82) is 0 Å². The van der Waals surface area contributed by atoms with Crippen LogP contribution in [0.2, 0.25) is 0 Å². The van der Waals surface area contributed by atoms with Crippen LogP contribution in [0.3, 0.4) is 0 Å². The van der Waals surface area contributed by atoms with Gasteiger partial charge in [0.05, 0.1) is 5.60 Å². The molecule has 0 bridgehead atoms. The molecule has 0 aliphatic rings. The van der Waals surface area contributed by atoms with Crippen LogP contribution in [0.4, 0.5) is 0 Å². The fourth-order valence-electron chi connectivity index (χ4n) is 1.44. The summed E-state index contributed by atoms with van der Waals surface area (Å²) in [6.45, 7) is 6.24. The third kappa shape index (κ3) is 9.80. The Balaban J connectivity index is 3.35. The molecule has 0 unspecified atom stereocenters. The molecule has 0 aromatic rings. The monoisotopic (exact) mass is 188 g/mol. The summed E-state index contributed by atoms with van der Waals surface area (Å²) in [6, 6.07) is 0. The summed E-state index contributed by atoms with van der Waals surface area (Å²) in [6.07, 6.45) is 3.47. The SMILES string of the molecule is CN(CCCCCN)CC(C)(C)O. The molecule has 0 aliphatic carbocycles. The van der Waals surface area contributed by atoms with E-state index in [9.17, 15) is 5.11 Å². The minimum Gasteiger partial charge on any atom is -0.389 e. The molecule has 0 atom stereocenters. The summed E-state index contributed by atoms with van der Waals surface area (Å²) >= 11 is 0. The Bertz CT molecular complexity index is 121. The molecule has 0 aromatic heterocycles. The maximum Gasteiger partial charge on any atom is 0.0718 e. The van der Waals surface area contributed by atoms with E-state index >= 15 is 0 Å². The number of rotatable bonds is 7. The zero-order valence-corrected chi connectivity index (χ0v) is 9.21. The summed E-state index contributed by atoms with van der Waals surface area (Å²) in [5, 5.41) is 9.53. The quantitative estimate of drug-likeness (QED) is 0.582. The van der Waals surface area contributed by atoms with E-state index in [4.69, 9.17) is 5.73 Å². The molecule has 0 heterocycles. The maximum atomic E-state index is 9.53. The third-order valence-electron chi connectivity index (χ3n) is 1.90. The van der Waals surface area contributed by atoms with Crippen molar-refractivity contribution in [3.05, 3.63) is 0 Å². The van der Waals surface area contributed by atoms with Crippen molar-refractivity contribution in [3.8, 4) is 0 Å². The fraction of sp³-hybridized carbons (Fsp3) is 1.00. The predicted octanol–water partition coefficient (Wildman–Crippen LogP) is 0.818. The molecular weight excluding hydrogens is 164 g/mol. The van der Waals surface area contributed by atoms with Crippen molar-refractivity contribution in [2.24, 2.45) is 5.73 Å². The molecule has 3 nitrogen and oxygen atoms in total. The number of aliphatic hydroxyl groups is 1. The predicted molar refractivity (Wildman–Crippen MR) is 56.7 cm³/mol. The van der Waals surface area contributed by atoms with Crippen LogP contribution in [0.1, 0.15) is 33.1 Å². The highest BCUT2D eigenvalue weighted by atomic mass is 16.3. The van der Waals surface area contributed by atoms with Crippen LogP contribution >= 0.6 is 0 Å². The zero-order valence-electron chi connectivity index (χ0n) is 9.21. The van der Waals surface area contributed by atoms with Crippen LogP contribution in [0.15, 0.2) is 0 Å². The van der Waals surface area contributed by atoms with Gasteiger partial charge in [-0.3, -0.25) is 0 Å². The zero-order chi connectivity index (χ0) is 10.3. The molecule has 0 aromatic carbocycles. The third-order valence-corrected chi connectivity index (χ3v) is 1.90. The lowest BCUT2D eigenvalue weighted by atomic mass is 10.1. The highest BCUT2D eigenvalue weighted by molar-refractivity contribution is 4.69. The molecule has 0 fully saturated rings. The van der Waals surface area contributed by atoms with Gasteiger partial charge in [-0.05, 0) is 46.8 Å². The molecule has 80 valence electrons. The lowest BCUT2D eigenvalue weighted by molar-refractivity contribution is 0.0442. The van der Waals surface area contributed by atoms with Gasteiger partial charge in [0.15, 0.2) is 0 Å². The van der Waals surface area contributed by atoms with Crippen molar-refractivity contribution in [2.45, 2.75) is 38.7 Å². The largest absolute Gasteiger partial charge is 0.389 e. The van der Waals surface area contributed by atoms with E-state index in [1.807, 2.05) is 20.9 Å². The molecule has 0 radical (unpaired) electrons. The Kier molecular flexibility index (Phi) is 6.29. The summed E-state index contributed by atoms with van der Waals surface area (Å²) in [5.74, 6) is 0. The molecular formula is C10H24N2O. The first-order valence-electron chi connectivity index (χ1n) is 5.07. The Labute approximate surface area is 81.9 Å². The van der Waals surface area contributed by atoms with Gasteiger partial charge in [-0.2, -0.15) is 0 Å². The van der Waals surface area contributed by atoms with Crippen LogP contribution in [-0.2, 0) is 0 Å². The van der Waals surface area contributed by atoms with Crippen molar-refractivity contribution in [1.82, 2.24) is 4.90 Å². The first-order chi connectivity index (χ1) is 5.95. The van der Waals surface area contributed by atoms with E-state index in [0.29, 0.717) is 0 Å². The average Bonchev–Trinajstić information content (AvgIpc) is 1.94. The first kappa shape index (κ1) is 12.9. The molecule has 0 saturated carbocycles. The number of hydrogen-bond donors (Lipinski definition) is 2. The van der Waals surface area contributed by atoms with Crippen molar-refractivity contribution in [3.63, 3.8) is 0 Å². The van der Waals surface area contributed by atoms with E-state index in [2.05, 4.69) is 4.90 Å². The molecule has 3 heteroatoms. The topological polar surface area (TPSA) is 49.5 Å². The molecule has 0 spiro atoms. The van der Waals surface area contributed by atoms with Gasteiger partial charge in [0, 0.05) is 6.54 Å². The highest BCUT2D eigenvalue weighted by Gasteiger charge is 2.14. The lowest BCUT2D eigenvalue weighted by Crippen LogP contribution is -2.36. The van der Waals surface area contributed by atoms with E-state index in [0.717, 1.165) is 26.1 Å². The Morgan fingerprint density at radius 3 is 2.31 bits per heavy atom. The van der Waals surface area contributed by atoms with Crippen LogP contribution in [-0.4, -0.2) is 42.3 Å². The molecule has 13 heavy (non-hydrogen) atoms. The Morgan fingerprint density at radius 1 is 1.23 bits per heavy atom. The first-order valence-corrected chi connectivity index (χ1v) is 5.07. The van der Waals surface area contributed by atoms with Crippen LogP contribution < -0.4 is 5.73 Å². The number of unbranched alkanes of at least 4 members (excludes halogenated alkanes) is 2. The normalized spacial score (nSPS) is 12.5. The van der Waals surface area contributed by atoms with Crippen LogP contribution in [0, 0.1) is 0 Å². The highest BCUT2D eigenvalue weighted by Crippen LogP contribution is 2.04. The average molecular weight is 188 g/mol. The summed E-state index contributed by atoms with van der Waals surface area (Å²) < 4.78 is 0. The minimum atomic E-state index is -0.581. The van der Waals surface area contributed by atoms with Gasteiger partial charge >= 0.3 is 0 Å². The second-order valence-corrected chi connectivity index (χ2v) is 4.40. The minimum absolute atomic E-state index is 0.581. The summed E-state index contributed by atoms with van der Waals surface area (Å²) in [7, 11) is 2.04.